The molecule has 0 heterocycles. The van der Waals surface area contributed by atoms with Crippen molar-refractivity contribution in [2.45, 2.75) is 19.3 Å². The van der Waals surface area contributed by atoms with Gasteiger partial charge in [-0.1, -0.05) is 0 Å². The van der Waals surface area contributed by atoms with Crippen LogP contribution in [-0.2, 0) is 20.8 Å². The summed E-state index contributed by atoms with van der Waals surface area (Å²) in [4.78, 5) is 0. The molecule has 18 heavy (non-hydrogen) atoms. The normalized spacial score (nSPS) is 33.4. The van der Waals surface area contributed by atoms with Crippen LogP contribution in [0.5, 0.6) is 0 Å². The first kappa shape index (κ1) is 15.8. The van der Waals surface area contributed by atoms with E-state index in [1.165, 1.54) is 19.3 Å². The summed E-state index contributed by atoms with van der Waals surface area (Å²) >= 11 is -0.826. The topological polar surface area (TPSA) is 0 Å². The molecule has 4 fully saturated rings. The molecule has 4 saturated carbocycles. The Hall–Kier alpha value is 1.46. The summed E-state index contributed by atoms with van der Waals surface area (Å²) in [7, 11) is 9.87. The van der Waals surface area contributed by atoms with E-state index < -0.39 is 20.8 Å². The summed E-state index contributed by atoms with van der Waals surface area (Å²) in [6.45, 7) is 0. The maximum absolute atomic E-state index is 4.93. The van der Waals surface area contributed by atoms with Gasteiger partial charge < -0.3 is 0 Å². The Kier molecular flexibility index (Phi) is 7.64. The van der Waals surface area contributed by atoms with Crippen LogP contribution in [-0.4, -0.2) is 0 Å². The molecule has 2 bridgehead atoms. The summed E-state index contributed by atoms with van der Waals surface area (Å²) in [5.74, 6) is 5.26. The molecule has 0 amide bonds. The zero-order valence-corrected chi connectivity index (χ0v) is 14.1. The molecule has 0 aliphatic heterocycles. The summed E-state index contributed by atoms with van der Waals surface area (Å²) in [5.41, 5.74) is 0. The van der Waals surface area contributed by atoms with Crippen molar-refractivity contribution in [1.82, 2.24) is 0 Å². The van der Waals surface area contributed by atoms with Gasteiger partial charge in [0.25, 0.3) is 0 Å². The van der Waals surface area contributed by atoms with Crippen molar-refractivity contribution < 1.29 is 20.8 Å². The Balaban J connectivity index is 0.000000128. The van der Waals surface area contributed by atoms with Crippen LogP contribution in [0.15, 0.2) is 0 Å². The molecule has 3 heteroatoms. The summed E-state index contributed by atoms with van der Waals surface area (Å²) < 4.78 is 0. The second-order valence-corrected chi connectivity index (χ2v) is 8.41. The van der Waals surface area contributed by atoms with Crippen LogP contribution < -0.4 is 0 Å². The van der Waals surface area contributed by atoms with Crippen LogP contribution in [0.25, 0.3) is 0 Å². The van der Waals surface area contributed by atoms with E-state index in [1.807, 2.05) is 32.1 Å². The third-order valence-corrected chi connectivity index (χ3v) is 3.75. The van der Waals surface area contributed by atoms with Crippen LogP contribution in [0, 0.1) is 75.0 Å². The Morgan fingerprint density at radius 2 is 1.17 bits per heavy atom. The third kappa shape index (κ3) is 4.23. The monoisotopic (exact) mass is 356 g/mol. The van der Waals surface area contributed by atoms with E-state index in [0.717, 1.165) is 11.8 Å². The average molecular weight is 358 g/mol. The van der Waals surface area contributed by atoms with Gasteiger partial charge in [0, 0.05) is 0 Å². The van der Waals surface area contributed by atoms with Crippen molar-refractivity contribution in [1.29, 1.82) is 0 Å². The Bertz CT molecular complexity index is 207. The van der Waals surface area contributed by atoms with Crippen molar-refractivity contribution >= 4 is 17.0 Å². The van der Waals surface area contributed by atoms with Gasteiger partial charge in [0.1, 0.15) is 0 Å². The van der Waals surface area contributed by atoms with Crippen molar-refractivity contribution in [2.75, 3.05) is 0 Å². The predicted molar refractivity (Wildman–Crippen MR) is 73.4 cm³/mol. The van der Waals surface area contributed by atoms with E-state index in [-0.39, 0.29) is 0 Å². The van der Waals surface area contributed by atoms with Gasteiger partial charge in [0.2, 0.25) is 0 Å². The number of hydrogen-bond donors (Lipinski definition) is 0. The number of fused-ring (bicyclic) bond motifs is 5. The van der Waals surface area contributed by atoms with Gasteiger partial charge in [-0.25, -0.2) is 0 Å². The molecule has 0 aromatic rings. The van der Waals surface area contributed by atoms with Gasteiger partial charge in [-0.3, -0.25) is 0 Å². The molecule has 4 aliphatic carbocycles. The average Bonchev–Trinajstić information content (AvgIpc) is 3.17. The first-order valence-corrected chi connectivity index (χ1v) is 12.6. The van der Waals surface area contributed by atoms with Crippen molar-refractivity contribution in [3.8, 4) is 0 Å². The maximum atomic E-state index is 4.93. The fourth-order valence-corrected chi connectivity index (χ4v) is 3.06. The minimum atomic E-state index is -0.826. The molecule has 2 unspecified atom stereocenters. The van der Waals surface area contributed by atoms with Crippen molar-refractivity contribution in [3.05, 3.63) is 63.2 Å². The molecule has 0 aromatic carbocycles. The number of hydrogen-bond acceptors (Lipinski definition) is 0. The first-order chi connectivity index (χ1) is 8.86. The molecule has 94 valence electrons. The molecule has 0 aromatic heterocycles. The predicted octanol–water partition coefficient (Wildman–Crippen LogP) is 4.59. The molecule has 0 spiro atoms. The molecule has 0 nitrogen and oxygen atoms in total. The van der Waals surface area contributed by atoms with E-state index in [2.05, 4.69) is 19.3 Å². The number of rotatable bonds is 0. The van der Waals surface area contributed by atoms with Crippen LogP contribution in [0.4, 0.5) is 0 Å². The SMILES string of the molecule is [CH]1[CH][CH][CH][CH]1.[CH]1[CH][C]2[C]([CH]1)C1CCC2C1.[Cl][Zr][Cl]. The molecular weight excluding hydrogens is 342 g/mol. The van der Waals surface area contributed by atoms with E-state index >= 15 is 0 Å². The Morgan fingerprint density at radius 1 is 0.778 bits per heavy atom. The molecular formula is C15H16Cl2Zr. The van der Waals surface area contributed by atoms with Crippen LogP contribution in [0.1, 0.15) is 19.3 Å². The minimum absolute atomic E-state index is 0.826. The summed E-state index contributed by atoms with van der Waals surface area (Å²) in [6.07, 6.45) is 21.2. The number of halogens is 2. The van der Waals surface area contributed by atoms with Gasteiger partial charge in [0.05, 0.1) is 0 Å². The zero-order chi connectivity index (χ0) is 12.8. The van der Waals surface area contributed by atoms with Crippen LogP contribution in [0.3, 0.4) is 0 Å². The second kappa shape index (κ2) is 8.68. The molecule has 10 radical (unpaired) electrons. The van der Waals surface area contributed by atoms with Crippen LogP contribution in [0.2, 0.25) is 0 Å². The Labute approximate surface area is 131 Å². The summed E-state index contributed by atoms with van der Waals surface area (Å²) in [6, 6.07) is 0. The zero-order valence-electron chi connectivity index (χ0n) is 10.2. The van der Waals surface area contributed by atoms with Crippen LogP contribution >= 0.6 is 17.0 Å². The van der Waals surface area contributed by atoms with E-state index in [4.69, 9.17) is 17.0 Å². The van der Waals surface area contributed by atoms with E-state index in [1.54, 1.807) is 11.8 Å². The second-order valence-electron chi connectivity index (χ2n) is 4.68. The fraction of sp³-hybridized carbons (Fsp3) is 0.333. The van der Waals surface area contributed by atoms with Gasteiger partial charge >= 0.3 is 37.9 Å². The van der Waals surface area contributed by atoms with Gasteiger partial charge in [-0.15, -0.1) is 0 Å². The third-order valence-electron chi connectivity index (χ3n) is 3.75. The quantitative estimate of drug-likeness (QED) is 0.594. The standard InChI is InChI=1S/C10H11.C5H5.2ClH.Zr/c1-2-9-7-4-5-8(6-7)10(9)3-1;1-2-4-5-3-1;;;/h1-3,7-8H,4-6H2;1-5H;2*1H;/q;;;;+2/p-2. The first-order valence-electron chi connectivity index (χ1n) is 6.25. The molecule has 0 N–H and O–H groups in total. The summed E-state index contributed by atoms with van der Waals surface area (Å²) in [5, 5.41) is 0. The van der Waals surface area contributed by atoms with E-state index in [0.29, 0.717) is 0 Å². The van der Waals surface area contributed by atoms with Gasteiger partial charge in [-0.05, 0) is 94.3 Å². The van der Waals surface area contributed by atoms with Crippen molar-refractivity contribution in [2.24, 2.45) is 11.8 Å². The Morgan fingerprint density at radius 3 is 1.56 bits per heavy atom. The molecule has 0 saturated heterocycles. The van der Waals surface area contributed by atoms with E-state index in [9.17, 15) is 0 Å². The van der Waals surface area contributed by atoms with Crippen molar-refractivity contribution in [3.63, 3.8) is 0 Å². The van der Waals surface area contributed by atoms with Gasteiger partial charge in [0.15, 0.2) is 0 Å². The molecule has 4 aliphatic rings. The molecule has 4 rings (SSSR count). The fourth-order valence-electron chi connectivity index (χ4n) is 3.06. The van der Waals surface area contributed by atoms with Gasteiger partial charge in [-0.2, -0.15) is 0 Å². The molecule has 2 atom stereocenters.